The summed E-state index contributed by atoms with van der Waals surface area (Å²) in [6.45, 7) is 9.20. The Morgan fingerprint density at radius 2 is 1.25 bits per heavy atom. The van der Waals surface area contributed by atoms with E-state index in [-0.39, 0.29) is 44.8 Å². The van der Waals surface area contributed by atoms with Crippen molar-refractivity contribution in [2.45, 2.75) is 72.3 Å². The first-order valence-corrected chi connectivity index (χ1v) is 13.5. The Bertz CT molecular complexity index is 978. The molecule has 5 atom stereocenters. The molecule has 224 valence electrons. The van der Waals surface area contributed by atoms with E-state index < -0.39 is 71.0 Å². The summed E-state index contributed by atoms with van der Waals surface area (Å²) in [5.74, 6) is -8.45. The minimum atomic E-state index is -1.25. The lowest BCUT2D eigenvalue weighted by Crippen LogP contribution is -2.40. The van der Waals surface area contributed by atoms with Crippen molar-refractivity contribution in [1.82, 2.24) is 0 Å². The van der Waals surface area contributed by atoms with Gasteiger partial charge in [-0.3, -0.25) is 24.0 Å². The number of carboxylic acid groups (broad SMARTS) is 1. The van der Waals surface area contributed by atoms with Gasteiger partial charge in [0, 0.05) is 5.57 Å². The van der Waals surface area contributed by atoms with Crippen LogP contribution >= 0.6 is 0 Å². The first-order chi connectivity index (χ1) is 18.7. The molecule has 0 spiro atoms. The molecule has 2 fully saturated rings. The smallest absolute Gasteiger partial charge is 0.333 e. The van der Waals surface area contributed by atoms with Crippen LogP contribution in [0.4, 0.5) is 0 Å². The molecule has 12 heteroatoms. The summed E-state index contributed by atoms with van der Waals surface area (Å²) in [5, 5.41) is 9.62. The fourth-order valence-corrected chi connectivity index (χ4v) is 4.72. The highest BCUT2D eigenvalue weighted by atomic mass is 16.6. The zero-order valence-electron chi connectivity index (χ0n) is 23.6. The SMILES string of the molecule is C=C(C)C(=O)OCCOC(=O)C1C(OC(=O)C2CCCCC2C(=O)OCCOC(=O)C(C)(C)C)CCC1C(=O)O. The molecule has 0 aromatic rings. The van der Waals surface area contributed by atoms with Crippen LogP contribution in [0.1, 0.15) is 66.2 Å². The summed E-state index contributed by atoms with van der Waals surface area (Å²) in [6.07, 6.45) is 1.35. The molecule has 2 aliphatic carbocycles. The number of carboxylic acids is 1. The number of hydrogen-bond donors (Lipinski definition) is 1. The first-order valence-electron chi connectivity index (χ1n) is 13.5. The highest BCUT2D eigenvalue weighted by Gasteiger charge is 2.49. The Morgan fingerprint density at radius 3 is 1.80 bits per heavy atom. The van der Waals surface area contributed by atoms with Gasteiger partial charge in [-0.25, -0.2) is 4.79 Å². The molecule has 5 unspecified atom stereocenters. The minimum absolute atomic E-state index is 0.0983. The predicted octanol–water partition coefficient (Wildman–Crippen LogP) is 2.61. The van der Waals surface area contributed by atoms with Crippen LogP contribution in [0.25, 0.3) is 0 Å². The Kier molecular flexibility index (Phi) is 12.1. The van der Waals surface area contributed by atoms with E-state index >= 15 is 0 Å². The minimum Gasteiger partial charge on any atom is -0.481 e. The molecule has 0 aliphatic heterocycles. The second-order valence-corrected chi connectivity index (χ2v) is 11.2. The number of carbonyl (C=O) groups is 6. The van der Waals surface area contributed by atoms with Crippen molar-refractivity contribution in [3.63, 3.8) is 0 Å². The van der Waals surface area contributed by atoms with Gasteiger partial charge in [0.25, 0.3) is 0 Å². The lowest BCUT2D eigenvalue weighted by Gasteiger charge is -2.30. The largest absolute Gasteiger partial charge is 0.481 e. The van der Waals surface area contributed by atoms with Gasteiger partial charge < -0.3 is 28.8 Å². The molecule has 0 radical (unpaired) electrons. The van der Waals surface area contributed by atoms with Crippen molar-refractivity contribution < 1.29 is 57.6 Å². The summed E-state index contributed by atoms with van der Waals surface area (Å²) >= 11 is 0. The van der Waals surface area contributed by atoms with Gasteiger partial charge in [0.05, 0.1) is 23.2 Å². The maximum atomic E-state index is 13.2. The molecule has 1 N–H and O–H groups in total. The molecule has 0 saturated heterocycles. The molecule has 0 amide bonds. The van der Waals surface area contributed by atoms with Crippen molar-refractivity contribution in [3.05, 3.63) is 12.2 Å². The summed E-state index contributed by atoms with van der Waals surface area (Å²) in [6, 6.07) is 0. The molecule has 0 aromatic heterocycles. The number of aliphatic carboxylic acids is 1. The van der Waals surface area contributed by atoms with Crippen molar-refractivity contribution in [1.29, 1.82) is 0 Å². The second kappa shape index (κ2) is 14.8. The maximum absolute atomic E-state index is 13.2. The molecule has 0 heterocycles. The average Bonchev–Trinajstić information content (AvgIpc) is 3.31. The fraction of sp³-hybridized carbons (Fsp3) is 0.714. The molecule has 2 saturated carbocycles. The predicted molar refractivity (Wildman–Crippen MR) is 137 cm³/mol. The monoisotopic (exact) mass is 568 g/mol. The molecule has 40 heavy (non-hydrogen) atoms. The zero-order chi connectivity index (χ0) is 30.0. The van der Waals surface area contributed by atoms with E-state index in [0.29, 0.717) is 25.7 Å². The van der Waals surface area contributed by atoms with E-state index in [2.05, 4.69) is 6.58 Å². The fourth-order valence-electron chi connectivity index (χ4n) is 4.72. The third-order valence-electron chi connectivity index (χ3n) is 6.91. The van der Waals surface area contributed by atoms with Crippen molar-refractivity contribution in [2.24, 2.45) is 29.1 Å². The van der Waals surface area contributed by atoms with Crippen LogP contribution in [-0.2, 0) is 52.5 Å². The number of hydrogen-bond acceptors (Lipinski definition) is 11. The first kappa shape index (κ1) is 32.8. The summed E-state index contributed by atoms with van der Waals surface area (Å²) in [4.78, 5) is 73.9. The molecule has 2 rings (SSSR count). The van der Waals surface area contributed by atoms with E-state index in [4.69, 9.17) is 23.7 Å². The van der Waals surface area contributed by atoms with Crippen LogP contribution in [0.5, 0.6) is 0 Å². The zero-order valence-corrected chi connectivity index (χ0v) is 23.6. The molecular weight excluding hydrogens is 528 g/mol. The van der Waals surface area contributed by atoms with Crippen molar-refractivity contribution >= 4 is 35.8 Å². The molecule has 0 bridgehead atoms. The van der Waals surface area contributed by atoms with Crippen LogP contribution in [0.3, 0.4) is 0 Å². The number of rotatable bonds is 12. The molecular formula is C28H40O12. The van der Waals surface area contributed by atoms with E-state index in [1.165, 1.54) is 6.92 Å². The Balaban J connectivity index is 1.97. The summed E-state index contributed by atoms with van der Waals surface area (Å²) < 4.78 is 26.0. The lowest BCUT2D eigenvalue weighted by molar-refractivity contribution is -0.174. The molecule has 2 aliphatic rings. The van der Waals surface area contributed by atoms with E-state index in [0.717, 1.165) is 0 Å². The second-order valence-electron chi connectivity index (χ2n) is 11.2. The topological polar surface area (TPSA) is 169 Å². The highest BCUT2D eigenvalue weighted by molar-refractivity contribution is 5.87. The van der Waals surface area contributed by atoms with Gasteiger partial charge in [-0.2, -0.15) is 0 Å². The highest BCUT2D eigenvalue weighted by Crippen LogP contribution is 2.38. The molecule has 12 nitrogen and oxygen atoms in total. The van der Waals surface area contributed by atoms with Crippen molar-refractivity contribution in [3.8, 4) is 0 Å². The normalized spacial score (nSPS) is 24.4. The number of carbonyl (C=O) groups excluding carboxylic acids is 5. The van der Waals surface area contributed by atoms with Crippen molar-refractivity contribution in [2.75, 3.05) is 26.4 Å². The third-order valence-corrected chi connectivity index (χ3v) is 6.91. The third kappa shape index (κ3) is 9.34. The van der Waals surface area contributed by atoms with E-state index in [1.54, 1.807) is 20.8 Å². The summed E-state index contributed by atoms with van der Waals surface area (Å²) in [5.41, 5.74) is -0.516. The Morgan fingerprint density at radius 1 is 0.725 bits per heavy atom. The van der Waals surface area contributed by atoms with Crippen LogP contribution < -0.4 is 0 Å². The summed E-state index contributed by atoms with van der Waals surface area (Å²) in [7, 11) is 0. The van der Waals surface area contributed by atoms with E-state index in [1.807, 2.05) is 0 Å². The lowest BCUT2D eigenvalue weighted by atomic mass is 9.79. The van der Waals surface area contributed by atoms with Gasteiger partial charge in [-0.15, -0.1) is 0 Å². The maximum Gasteiger partial charge on any atom is 0.333 e. The van der Waals surface area contributed by atoms with Crippen LogP contribution in [0.15, 0.2) is 12.2 Å². The standard InChI is InChI=1S/C28H40O12/c1-16(2)23(31)36-12-13-38-26(34)21-19(22(29)30)10-11-20(21)40-25(33)18-9-7-6-8-17(18)24(32)37-14-15-39-27(35)28(3,4)5/h17-21H,1,6-15H2,2-5H3,(H,29,30). The van der Waals surface area contributed by atoms with Gasteiger partial charge in [-0.1, -0.05) is 19.4 Å². The average molecular weight is 569 g/mol. The van der Waals surface area contributed by atoms with E-state index in [9.17, 15) is 33.9 Å². The Hall–Kier alpha value is -3.44. The van der Waals surface area contributed by atoms with Gasteiger partial charge in [-0.05, 0) is 53.4 Å². The van der Waals surface area contributed by atoms with Crippen LogP contribution in [0.2, 0.25) is 0 Å². The molecule has 0 aromatic carbocycles. The number of esters is 5. The van der Waals surface area contributed by atoms with Crippen LogP contribution in [-0.4, -0.2) is 73.5 Å². The van der Waals surface area contributed by atoms with Gasteiger partial charge in [0.2, 0.25) is 0 Å². The van der Waals surface area contributed by atoms with Gasteiger partial charge in [0.1, 0.15) is 38.4 Å². The van der Waals surface area contributed by atoms with Crippen LogP contribution in [0, 0.1) is 29.1 Å². The van der Waals surface area contributed by atoms with Gasteiger partial charge in [0.15, 0.2) is 0 Å². The Labute approximate surface area is 233 Å². The van der Waals surface area contributed by atoms with Gasteiger partial charge >= 0.3 is 35.8 Å². The quantitative estimate of drug-likeness (QED) is 0.158. The number of ether oxygens (including phenoxy) is 5.